The van der Waals surface area contributed by atoms with Crippen LogP contribution < -0.4 is 0 Å². The highest BCUT2D eigenvalue weighted by Gasteiger charge is 2.18. The van der Waals surface area contributed by atoms with Crippen LogP contribution in [0.5, 0.6) is 5.75 Å². The van der Waals surface area contributed by atoms with Crippen LogP contribution in [0.3, 0.4) is 0 Å². The van der Waals surface area contributed by atoms with Gasteiger partial charge in [0.25, 0.3) is 0 Å². The third kappa shape index (κ3) is 2.08. The molecular formula is C13H9BrN2O3S. The molecule has 20 heavy (non-hydrogen) atoms. The summed E-state index contributed by atoms with van der Waals surface area (Å²) in [7, 11) is 1.28. The summed E-state index contributed by atoms with van der Waals surface area (Å²) in [6.45, 7) is 0. The van der Waals surface area contributed by atoms with Crippen molar-refractivity contribution in [3.05, 3.63) is 39.9 Å². The molecule has 0 bridgehead atoms. The van der Waals surface area contributed by atoms with Gasteiger partial charge in [0.15, 0.2) is 4.88 Å². The summed E-state index contributed by atoms with van der Waals surface area (Å²) < 4.78 is 7.44. The zero-order chi connectivity index (χ0) is 14.3. The van der Waals surface area contributed by atoms with E-state index in [0.29, 0.717) is 0 Å². The number of nitrogens with zero attached hydrogens (tertiary/aromatic N) is 2. The number of thiophene rings is 1. The predicted octanol–water partition coefficient (Wildman–Crippen LogP) is 3.32. The number of halogens is 1. The molecule has 3 heterocycles. The maximum Gasteiger partial charge on any atom is 0.351 e. The van der Waals surface area contributed by atoms with Gasteiger partial charge in [0.05, 0.1) is 23.9 Å². The molecular weight excluding hydrogens is 344 g/mol. The molecule has 0 aliphatic rings. The van der Waals surface area contributed by atoms with Crippen molar-refractivity contribution in [3.8, 4) is 16.3 Å². The third-order valence-corrected chi connectivity index (χ3v) is 4.40. The smallest absolute Gasteiger partial charge is 0.351 e. The van der Waals surface area contributed by atoms with Crippen molar-refractivity contribution in [2.24, 2.45) is 0 Å². The van der Waals surface area contributed by atoms with Crippen molar-refractivity contribution in [1.29, 1.82) is 0 Å². The van der Waals surface area contributed by atoms with Crippen LogP contribution in [0.25, 0.3) is 16.2 Å². The topological polar surface area (TPSA) is 63.8 Å². The number of carbonyl (C=O) groups is 1. The van der Waals surface area contributed by atoms with Gasteiger partial charge in [-0.1, -0.05) is 0 Å². The first-order valence-corrected chi connectivity index (χ1v) is 7.25. The third-order valence-electron chi connectivity index (χ3n) is 2.81. The normalized spacial score (nSPS) is 10.9. The molecule has 0 aromatic carbocycles. The molecule has 0 radical (unpaired) electrons. The number of methoxy groups -OCH3 is 1. The summed E-state index contributed by atoms with van der Waals surface area (Å²) in [6, 6.07) is 5.32. The summed E-state index contributed by atoms with van der Waals surface area (Å²) in [5, 5.41) is 9.83. The SMILES string of the molecule is COC(=O)c1sc(-c2cnc3ccc(Br)cn23)cc1O. The number of ether oxygens (including phenoxy) is 1. The summed E-state index contributed by atoms with van der Waals surface area (Å²) >= 11 is 4.58. The number of fused-ring (bicyclic) bond motifs is 1. The van der Waals surface area contributed by atoms with Crippen LogP contribution in [0.4, 0.5) is 0 Å². The zero-order valence-corrected chi connectivity index (χ0v) is 12.7. The van der Waals surface area contributed by atoms with E-state index in [-0.39, 0.29) is 10.6 Å². The number of imidazole rings is 1. The lowest BCUT2D eigenvalue weighted by Crippen LogP contribution is -1.97. The quantitative estimate of drug-likeness (QED) is 0.718. The summed E-state index contributed by atoms with van der Waals surface area (Å²) in [4.78, 5) is 16.8. The summed E-state index contributed by atoms with van der Waals surface area (Å²) in [6.07, 6.45) is 3.58. The molecule has 0 aliphatic carbocycles. The van der Waals surface area contributed by atoms with Gasteiger partial charge in [0.2, 0.25) is 0 Å². The second-order valence-corrected chi connectivity index (χ2v) is 6.00. The van der Waals surface area contributed by atoms with E-state index in [1.54, 1.807) is 12.3 Å². The molecule has 0 saturated heterocycles. The van der Waals surface area contributed by atoms with Crippen LogP contribution in [-0.4, -0.2) is 27.6 Å². The Morgan fingerprint density at radius 2 is 2.30 bits per heavy atom. The highest BCUT2D eigenvalue weighted by atomic mass is 79.9. The first-order valence-electron chi connectivity index (χ1n) is 5.64. The van der Waals surface area contributed by atoms with Crippen molar-refractivity contribution in [2.45, 2.75) is 0 Å². The Bertz CT molecular complexity index is 809. The second kappa shape index (κ2) is 4.92. The minimum Gasteiger partial charge on any atom is -0.506 e. The summed E-state index contributed by atoms with van der Waals surface area (Å²) in [5.41, 5.74) is 1.59. The maximum atomic E-state index is 11.5. The van der Waals surface area contributed by atoms with Crippen molar-refractivity contribution < 1.29 is 14.6 Å². The Morgan fingerprint density at radius 3 is 3.05 bits per heavy atom. The first kappa shape index (κ1) is 13.1. The lowest BCUT2D eigenvalue weighted by atomic mass is 10.3. The molecule has 5 nitrogen and oxygen atoms in total. The van der Waals surface area contributed by atoms with E-state index in [2.05, 4.69) is 25.7 Å². The lowest BCUT2D eigenvalue weighted by Gasteiger charge is -1.99. The number of hydrogen-bond acceptors (Lipinski definition) is 5. The molecule has 0 aliphatic heterocycles. The first-order chi connectivity index (χ1) is 9.60. The van der Waals surface area contributed by atoms with E-state index >= 15 is 0 Å². The molecule has 0 amide bonds. The van der Waals surface area contributed by atoms with Gasteiger partial charge in [-0.05, 0) is 28.1 Å². The molecule has 7 heteroatoms. The zero-order valence-electron chi connectivity index (χ0n) is 10.3. The van der Waals surface area contributed by atoms with Gasteiger partial charge >= 0.3 is 5.97 Å². The van der Waals surface area contributed by atoms with Gasteiger partial charge in [-0.25, -0.2) is 9.78 Å². The Hall–Kier alpha value is -1.86. The van der Waals surface area contributed by atoms with Gasteiger partial charge in [-0.3, -0.25) is 4.40 Å². The van der Waals surface area contributed by atoms with Gasteiger partial charge < -0.3 is 9.84 Å². The number of aromatic hydroxyl groups is 1. The Morgan fingerprint density at radius 1 is 1.50 bits per heavy atom. The fourth-order valence-corrected chi connectivity index (χ4v) is 3.20. The molecule has 102 valence electrons. The average molecular weight is 353 g/mol. The number of hydrogen-bond donors (Lipinski definition) is 1. The Kier molecular flexibility index (Phi) is 3.23. The standard InChI is InChI=1S/C13H9BrN2O3S/c1-19-13(18)12-9(17)4-10(20-12)8-5-15-11-3-2-7(14)6-16(8)11/h2-6,17H,1H3. The lowest BCUT2D eigenvalue weighted by molar-refractivity contribution is 0.0603. The van der Waals surface area contributed by atoms with E-state index < -0.39 is 5.97 Å². The van der Waals surface area contributed by atoms with Crippen LogP contribution >= 0.6 is 27.3 Å². The minimum absolute atomic E-state index is 0.0817. The molecule has 3 rings (SSSR count). The summed E-state index contributed by atoms with van der Waals surface area (Å²) in [5.74, 6) is -0.629. The van der Waals surface area contributed by atoms with E-state index in [9.17, 15) is 9.90 Å². The number of esters is 1. The largest absolute Gasteiger partial charge is 0.506 e. The van der Waals surface area contributed by atoms with Crippen LogP contribution in [-0.2, 0) is 4.74 Å². The number of pyridine rings is 1. The van der Waals surface area contributed by atoms with Crippen molar-refractivity contribution in [2.75, 3.05) is 7.11 Å². The average Bonchev–Trinajstić information content (AvgIpc) is 3.01. The Balaban J connectivity index is 2.16. The van der Waals surface area contributed by atoms with Crippen molar-refractivity contribution >= 4 is 38.9 Å². The Labute approximate surface area is 126 Å². The van der Waals surface area contributed by atoms with Crippen LogP contribution in [0, 0.1) is 0 Å². The highest BCUT2D eigenvalue weighted by Crippen LogP contribution is 2.36. The van der Waals surface area contributed by atoms with E-state index in [4.69, 9.17) is 0 Å². The fourth-order valence-electron chi connectivity index (χ4n) is 1.88. The molecule has 3 aromatic heterocycles. The van der Waals surface area contributed by atoms with Gasteiger partial charge in [0.1, 0.15) is 11.4 Å². The monoisotopic (exact) mass is 352 g/mol. The maximum absolute atomic E-state index is 11.5. The van der Waals surface area contributed by atoms with E-state index in [1.807, 2.05) is 22.7 Å². The van der Waals surface area contributed by atoms with E-state index in [1.165, 1.54) is 18.4 Å². The fraction of sp³-hybridized carbons (Fsp3) is 0.0769. The minimum atomic E-state index is -0.547. The number of carbonyl (C=O) groups excluding carboxylic acids is 1. The predicted molar refractivity (Wildman–Crippen MR) is 79.2 cm³/mol. The highest BCUT2D eigenvalue weighted by molar-refractivity contribution is 9.10. The van der Waals surface area contributed by atoms with Gasteiger partial charge in [-0.2, -0.15) is 0 Å². The molecule has 0 atom stereocenters. The van der Waals surface area contributed by atoms with Gasteiger partial charge in [-0.15, -0.1) is 11.3 Å². The number of rotatable bonds is 2. The molecule has 3 aromatic rings. The van der Waals surface area contributed by atoms with Crippen LogP contribution in [0.2, 0.25) is 0 Å². The molecule has 1 N–H and O–H groups in total. The number of aromatic nitrogens is 2. The van der Waals surface area contributed by atoms with Crippen molar-refractivity contribution in [3.63, 3.8) is 0 Å². The van der Waals surface area contributed by atoms with E-state index in [0.717, 1.165) is 20.7 Å². The van der Waals surface area contributed by atoms with Gasteiger partial charge in [0, 0.05) is 16.7 Å². The van der Waals surface area contributed by atoms with Crippen LogP contribution in [0.1, 0.15) is 9.67 Å². The van der Waals surface area contributed by atoms with Crippen molar-refractivity contribution in [1.82, 2.24) is 9.38 Å². The van der Waals surface area contributed by atoms with Crippen LogP contribution in [0.15, 0.2) is 35.1 Å². The molecule has 0 unspecified atom stereocenters. The second-order valence-electron chi connectivity index (χ2n) is 4.04. The molecule has 0 fully saturated rings. The molecule has 0 spiro atoms. The molecule has 0 saturated carbocycles.